The predicted molar refractivity (Wildman–Crippen MR) is 101 cm³/mol. The highest BCUT2D eigenvalue weighted by atomic mass is 16.3. The summed E-state index contributed by atoms with van der Waals surface area (Å²) in [6, 6.07) is 12.5. The zero-order chi connectivity index (χ0) is 17.7. The molecule has 134 valence electrons. The summed E-state index contributed by atoms with van der Waals surface area (Å²) in [4.78, 5) is 13.1. The lowest BCUT2D eigenvalue weighted by atomic mass is 9.95. The van der Waals surface area contributed by atoms with E-state index in [1.54, 1.807) is 6.26 Å². The number of nitrogens with one attached hydrogen (secondary N) is 1. The molecule has 2 bridgehead atoms. The number of amides is 1. The third-order valence-electron chi connectivity index (χ3n) is 6.38. The minimum atomic E-state index is 0.0301. The second-order valence-corrected chi connectivity index (χ2v) is 7.98. The summed E-state index contributed by atoms with van der Waals surface area (Å²) in [5, 5.41) is 4.30. The highest BCUT2D eigenvalue weighted by Crippen LogP contribution is 2.44. The SMILES string of the molecule is Cc1ccccc1Cn1c(C(=O)NC2CC3CCC2C3)cc2ccoc21. The summed E-state index contributed by atoms with van der Waals surface area (Å²) < 4.78 is 7.71. The Kier molecular flexibility index (Phi) is 3.66. The number of carbonyl (C=O) groups excluding carboxylic acids is 1. The molecule has 2 saturated carbocycles. The Morgan fingerprint density at radius 2 is 2.12 bits per heavy atom. The van der Waals surface area contributed by atoms with Crippen molar-refractivity contribution in [3.63, 3.8) is 0 Å². The van der Waals surface area contributed by atoms with Gasteiger partial charge in [0.15, 0.2) is 0 Å². The Morgan fingerprint density at radius 3 is 2.88 bits per heavy atom. The molecule has 1 aromatic carbocycles. The van der Waals surface area contributed by atoms with Gasteiger partial charge in [0, 0.05) is 11.4 Å². The van der Waals surface area contributed by atoms with Crippen molar-refractivity contribution in [3.8, 4) is 0 Å². The molecule has 2 aromatic heterocycles. The number of fused-ring (bicyclic) bond motifs is 3. The van der Waals surface area contributed by atoms with E-state index in [-0.39, 0.29) is 5.91 Å². The van der Waals surface area contributed by atoms with Gasteiger partial charge >= 0.3 is 0 Å². The summed E-state index contributed by atoms with van der Waals surface area (Å²) in [7, 11) is 0. The monoisotopic (exact) mass is 348 g/mol. The zero-order valence-electron chi connectivity index (χ0n) is 15.1. The molecular weight excluding hydrogens is 324 g/mol. The number of benzene rings is 1. The van der Waals surface area contributed by atoms with Crippen LogP contribution in [0.1, 0.15) is 47.3 Å². The van der Waals surface area contributed by atoms with Crippen LogP contribution in [-0.2, 0) is 6.54 Å². The average Bonchev–Trinajstić information content (AvgIpc) is 3.38. The van der Waals surface area contributed by atoms with Crippen molar-refractivity contribution in [2.45, 2.75) is 45.2 Å². The van der Waals surface area contributed by atoms with Gasteiger partial charge < -0.3 is 14.3 Å². The number of hydrogen-bond donors (Lipinski definition) is 1. The van der Waals surface area contributed by atoms with Crippen LogP contribution in [0.4, 0.5) is 0 Å². The van der Waals surface area contributed by atoms with E-state index >= 15 is 0 Å². The highest BCUT2D eigenvalue weighted by molar-refractivity contribution is 5.98. The second kappa shape index (κ2) is 6.04. The van der Waals surface area contributed by atoms with Gasteiger partial charge in [0.05, 0.1) is 12.8 Å². The van der Waals surface area contributed by atoms with Gasteiger partial charge in [-0.05, 0) is 61.3 Å². The van der Waals surface area contributed by atoms with Gasteiger partial charge in [-0.25, -0.2) is 0 Å². The van der Waals surface area contributed by atoms with Crippen molar-refractivity contribution in [2.24, 2.45) is 11.8 Å². The third kappa shape index (κ3) is 2.56. The van der Waals surface area contributed by atoms with Gasteiger partial charge in [-0.1, -0.05) is 30.7 Å². The van der Waals surface area contributed by atoms with E-state index in [1.807, 2.05) is 28.8 Å². The quantitative estimate of drug-likeness (QED) is 0.754. The lowest BCUT2D eigenvalue weighted by Gasteiger charge is -2.23. The van der Waals surface area contributed by atoms with Gasteiger partial charge in [-0.3, -0.25) is 4.79 Å². The van der Waals surface area contributed by atoms with Crippen molar-refractivity contribution < 1.29 is 9.21 Å². The molecule has 2 heterocycles. The molecule has 1 N–H and O–H groups in total. The molecule has 3 atom stereocenters. The molecule has 26 heavy (non-hydrogen) atoms. The van der Waals surface area contributed by atoms with Crippen LogP contribution in [0.15, 0.2) is 47.1 Å². The fraction of sp³-hybridized carbons (Fsp3) is 0.409. The lowest BCUT2D eigenvalue weighted by molar-refractivity contribution is 0.0914. The van der Waals surface area contributed by atoms with Crippen LogP contribution in [0.2, 0.25) is 0 Å². The topological polar surface area (TPSA) is 47.2 Å². The van der Waals surface area contributed by atoms with Crippen molar-refractivity contribution in [1.29, 1.82) is 0 Å². The standard InChI is InChI=1S/C22H24N2O2/c1-14-4-2-3-5-18(14)13-24-20(12-17-8-9-26-22(17)24)21(25)23-19-11-15-6-7-16(19)10-15/h2-5,8-9,12,15-16,19H,6-7,10-11,13H2,1H3,(H,23,25). The molecule has 2 aliphatic carbocycles. The predicted octanol–water partition coefficient (Wildman–Crippen LogP) is 4.51. The Balaban J connectivity index is 1.46. The molecule has 2 aliphatic rings. The van der Waals surface area contributed by atoms with Crippen LogP contribution < -0.4 is 5.32 Å². The summed E-state index contributed by atoms with van der Waals surface area (Å²) in [5.41, 5.74) is 3.90. The van der Waals surface area contributed by atoms with Crippen LogP contribution in [0, 0.1) is 18.8 Å². The van der Waals surface area contributed by atoms with Gasteiger partial charge in [0.1, 0.15) is 5.69 Å². The van der Waals surface area contributed by atoms with Gasteiger partial charge in [0.25, 0.3) is 5.91 Å². The first-order chi connectivity index (χ1) is 12.7. The molecule has 3 aromatic rings. The molecule has 4 heteroatoms. The Morgan fingerprint density at radius 1 is 1.23 bits per heavy atom. The fourth-order valence-corrected chi connectivity index (χ4v) is 4.94. The minimum Gasteiger partial charge on any atom is -0.448 e. The maximum absolute atomic E-state index is 13.1. The highest BCUT2D eigenvalue weighted by Gasteiger charge is 2.40. The number of hydrogen-bond acceptors (Lipinski definition) is 2. The molecule has 0 spiro atoms. The largest absolute Gasteiger partial charge is 0.448 e. The first kappa shape index (κ1) is 15.7. The van der Waals surface area contributed by atoms with Crippen LogP contribution in [0.3, 0.4) is 0 Å². The third-order valence-corrected chi connectivity index (χ3v) is 6.38. The number of rotatable bonds is 4. The Labute approximate surface area is 153 Å². The van der Waals surface area contributed by atoms with E-state index in [2.05, 4.69) is 24.4 Å². The molecule has 5 rings (SSSR count). The van der Waals surface area contributed by atoms with Crippen molar-refractivity contribution in [3.05, 3.63) is 59.5 Å². The van der Waals surface area contributed by atoms with Gasteiger partial charge in [-0.2, -0.15) is 0 Å². The Bertz CT molecular complexity index is 968. The number of furan rings is 1. The van der Waals surface area contributed by atoms with Crippen LogP contribution in [0.5, 0.6) is 0 Å². The number of nitrogens with zero attached hydrogens (tertiary/aromatic N) is 1. The van der Waals surface area contributed by atoms with E-state index in [0.717, 1.165) is 23.4 Å². The lowest BCUT2D eigenvalue weighted by Crippen LogP contribution is -2.39. The number of carbonyl (C=O) groups is 1. The molecule has 4 nitrogen and oxygen atoms in total. The number of aryl methyl sites for hydroxylation is 1. The maximum Gasteiger partial charge on any atom is 0.268 e. The van der Waals surface area contributed by atoms with Gasteiger partial charge in [0.2, 0.25) is 5.71 Å². The van der Waals surface area contributed by atoms with E-state index in [9.17, 15) is 4.79 Å². The first-order valence-corrected chi connectivity index (χ1v) is 9.61. The van der Waals surface area contributed by atoms with E-state index in [0.29, 0.717) is 24.2 Å². The molecule has 0 aliphatic heterocycles. The molecule has 0 saturated heterocycles. The summed E-state index contributed by atoms with van der Waals surface area (Å²) in [5.74, 6) is 1.52. The van der Waals surface area contributed by atoms with Crippen LogP contribution in [0.25, 0.3) is 11.1 Å². The summed E-state index contributed by atoms with van der Waals surface area (Å²) in [6.45, 7) is 2.75. The fourth-order valence-electron chi connectivity index (χ4n) is 4.94. The van der Waals surface area contributed by atoms with Gasteiger partial charge in [-0.15, -0.1) is 0 Å². The van der Waals surface area contributed by atoms with E-state index < -0.39 is 0 Å². The molecule has 3 unspecified atom stereocenters. The molecule has 2 fully saturated rings. The Hall–Kier alpha value is -2.49. The van der Waals surface area contributed by atoms with Crippen molar-refractivity contribution in [1.82, 2.24) is 9.88 Å². The smallest absolute Gasteiger partial charge is 0.268 e. The minimum absolute atomic E-state index is 0.0301. The molecular formula is C22H24N2O2. The maximum atomic E-state index is 13.1. The zero-order valence-corrected chi connectivity index (χ0v) is 15.1. The number of aromatic nitrogens is 1. The van der Waals surface area contributed by atoms with Crippen molar-refractivity contribution in [2.75, 3.05) is 0 Å². The van der Waals surface area contributed by atoms with Crippen LogP contribution >= 0.6 is 0 Å². The summed E-state index contributed by atoms with van der Waals surface area (Å²) >= 11 is 0. The second-order valence-electron chi connectivity index (χ2n) is 7.98. The van der Waals surface area contributed by atoms with Crippen molar-refractivity contribution >= 4 is 17.0 Å². The van der Waals surface area contributed by atoms with Crippen LogP contribution in [-0.4, -0.2) is 16.5 Å². The molecule has 1 amide bonds. The first-order valence-electron chi connectivity index (χ1n) is 9.61. The van der Waals surface area contributed by atoms with E-state index in [1.165, 1.54) is 30.4 Å². The normalized spacial score (nSPS) is 24.4. The summed E-state index contributed by atoms with van der Waals surface area (Å²) in [6.07, 6.45) is 6.73. The molecule has 0 radical (unpaired) electrons. The average molecular weight is 348 g/mol. The van der Waals surface area contributed by atoms with E-state index in [4.69, 9.17) is 4.42 Å².